The SMILES string of the molecule is C[Si](C)(C)C([Si](C)(C)C)([Si](C)(C)Cl)[Si](C)(C)I. The highest BCUT2D eigenvalue weighted by Gasteiger charge is 2.68. The van der Waals surface area contributed by atoms with Crippen LogP contribution in [0.15, 0.2) is 0 Å². The maximum atomic E-state index is 7.15. The van der Waals surface area contributed by atoms with Crippen molar-refractivity contribution in [2.75, 3.05) is 0 Å². The van der Waals surface area contributed by atoms with E-state index in [4.69, 9.17) is 11.1 Å². The Bertz CT molecular complexity index is 216. The predicted octanol–water partition coefficient (Wildman–Crippen LogP) is 6.10. The first-order chi connectivity index (χ1) is 7.00. The van der Waals surface area contributed by atoms with Crippen LogP contribution in [0.1, 0.15) is 0 Å². The fourth-order valence-electron chi connectivity index (χ4n) is 5.40. The highest BCUT2D eigenvalue weighted by Crippen LogP contribution is 2.62. The quantitative estimate of drug-likeness (QED) is 0.283. The van der Waals surface area contributed by atoms with Crippen LogP contribution >= 0.6 is 32.9 Å². The molecule has 0 radical (unpaired) electrons. The lowest BCUT2D eigenvalue weighted by Gasteiger charge is -2.62. The molecule has 0 fully saturated rings. The van der Waals surface area contributed by atoms with Crippen molar-refractivity contribution in [1.29, 1.82) is 0 Å². The molecule has 0 atom stereocenters. The summed E-state index contributed by atoms with van der Waals surface area (Å²) < 4.78 is 0.558. The monoisotopic (exact) mass is 436 g/mol. The van der Waals surface area contributed by atoms with E-state index in [1.54, 1.807) is 0 Å². The van der Waals surface area contributed by atoms with Gasteiger partial charge in [-0.15, -0.1) is 21.8 Å². The van der Waals surface area contributed by atoms with Crippen molar-refractivity contribution in [3.05, 3.63) is 0 Å². The molecular formula is C11H30ClISi4. The Kier molecular flexibility index (Phi) is 5.57. The molecule has 17 heavy (non-hydrogen) atoms. The van der Waals surface area contributed by atoms with E-state index in [1.807, 2.05) is 0 Å². The van der Waals surface area contributed by atoms with Crippen molar-refractivity contribution in [2.24, 2.45) is 0 Å². The topological polar surface area (TPSA) is 0 Å². The molecule has 0 aromatic carbocycles. The zero-order valence-corrected chi connectivity index (χ0v) is 20.2. The maximum absolute atomic E-state index is 7.15. The molecule has 0 aliphatic carbocycles. The van der Waals surface area contributed by atoms with Gasteiger partial charge in [0.2, 0.25) is 0 Å². The van der Waals surface area contributed by atoms with Gasteiger partial charge in [-0.2, -0.15) is 11.1 Å². The molecule has 0 nitrogen and oxygen atoms in total. The summed E-state index contributed by atoms with van der Waals surface area (Å²) in [5, 5.41) is 0. The minimum atomic E-state index is -1.69. The Morgan fingerprint density at radius 3 is 0.941 bits per heavy atom. The van der Waals surface area contributed by atoms with Gasteiger partial charge in [-0.25, -0.2) is 0 Å². The summed E-state index contributed by atoms with van der Waals surface area (Å²) in [5.74, 6) is 0. The Morgan fingerprint density at radius 2 is 0.941 bits per heavy atom. The third kappa shape index (κ3) is 3.15. The normalized spacial score (nSPS) is 16.2. The first kappa shape index (κ1) is 18.9. The smallest absolute Gasteiger partial charge is 0.149 e. The fraction of sp³-hybridized carbons (Fsp3) is 1.00. The molecule has 0 amide bonds. The van der Waals surface area contributed by atoms with Crippen molar-refractivity contribution in [3.8, 4) is 0 Å². The van der Waals surface area contributed by atoms with Crippen molar-refractivity contribution < 1.29 is 0 Å². The molecule has 0 aromatic heterocycles. The van der Waals surface area contributed by atoms with Gasteiger partial charge in [0.25, 0.3) is 0 Å². The van der Waals surface area contributed by atoms with Crippen LogP contribution in [-0.2, 0) is 0 Å². The van der Waals surface area contributed by atoms with Gasteiger partial charge in [0.15, 0.2) is 0 Å². The molecule has 0 rings (SSSR count). The zero-order valence-electron chi connectivity index (χ0n) is 13.3. The summed E-state index contributed by atoms with van der Waals surface area (Å²) in [6.07, 6.45) is 0. The van der Waals surface area contributed by atoms with Crippen LogP contribution < -0.4 is 0 Å². The molecule has 0 saturated heterocycles. The van der Waals surface area contributed by atoms with Crippen LogP contribution in [0, 0.1) is 0 Å². The van der Waals surface area contributed by atoms with Crippen LogP contribution in [0.4, 0.5) is 0 Å². The van der Waals surface area contributed by atoms with E-state index in [1.165, 1.54) is 0 Å². The zero-order chi connectivity index (χ0) is 14.5. The fourth-order valence-corrected chi connectivity index (χ4v) is 77.9. The number of hydrogen-bond acceptors (Lipinski definition) is 0. The van der Waals surface area contributed by atoms with E-state index in [0.29, 0.717) is 3.91 Å². The average Bonchev–Trinajstić information content (AvgIpc) is 1.67. The van der Waals surface area contributed by atoms with Gasteiger partial charge < -0.3 is 0 Å². The molecule has 0 unspecified atom stereocenters. The number of halogens is 2. The Labute approximate surface area is 130 Å². The lowest BCUT2D eigenvalue weighted by molar-refractivity contribution is 1.23. The van der Waals surface area contributed by atoms with Gasteiger partial charge in [-0.1, -0.05) is 65.5 Å². The van der Waals surface area contributed by atoms with Crippen molar-refractivity contribution in [2.45, 2.75) is 69.4 Å². The summed E-state index contributed by atoms with van der Waals surface area (Å²) in [4.78, 5) is 0. The largest absolute Gasteiger partial charge is 0.168 e. The molecule has 6 heteroatoms. The van der Waals surface area contributed by atoms with E-state index in [-0.39, 0.29) is 0 Å². The van der Waals surface area contributed by atoms with E-state index >= 15 is 0 Å². The van der Waals surface area contributed by atoms with Crippen LogP contribution in [0.25, 0.3) is 0 Å². The number of hydrogen-bond donors (Lipinski definition) is 0. The van der Waals surface area contributed by atoms with Gasteiger partial charge >= 0.3 is 0 Å². The van der Waals surface area contributed by atoms with Gasteiger partial charge in [-0.3, -0.25) is 0 Å². The van der Waals surface area contributed by atoms with E-state index in [2.05, 4.69) is 87.3 Å². The first-order valence-electron chi connectivity index (χ1n) is 6.38. The van der Waals surface area contributed by atoms with Crippen molar-refractivity contribution in [3.63, 3.8) is 0 Å². The molecule has 0 aliphatic heterocycles. The summed E-state index contributed by atoms with van der Waals surface area (Å²) in [6, 6.07) is 0. The second kappa shape index (κ2) is 5.02. The molecule has 104 valence electrons. The van der Waals surface area contributed by atoms with Crippen LogP contribution in [0.5, 0.6) is 0 Å². The van der Waals surface area contributed by atoms with Gasteiger partial charge in [0.05, 0.1) is 0 Å². The third-order valence-electron chi connectivity index (χ3n) is 4.03. The molecule has 0 bridgehead atoms. The highest BCUT2D eigenvalue weighted by atomic mass is 127. The van der Waals surface area contributed by atoms with Gasteiger partial charge in [0, 0.05) is 16.1 Å². The van der Waals surface area contributed by atoms with E-state index in [9.17, 15) is 0 Å². The lowest BCUT2D eigenvalue weighted by atomic mass is 11.6. The summed E-state index contributed by atoms with van der Waals surface area (Å²) >= 11 is 9.97. The van der Waals surface area contributed by atoms with E-state index in [0.717, 1.165) is 0 Å². The van der Waals surface area contributed by atoms with Gasteiger partial charge in [0.1, 0.15) is 13.0 Å². The first-order valence-corrected chi connectivity index (χ1v) is 23.5. The lowest BCUT2D eigenvalue weighted by Crippen LogP contribution is -2.73. The van der Waals surface area contributed by atoms with Crippen molar-refractivity contribution in [1.82, 2.24) is 0 Å². The Hall–Kier alpha value is 1.89. The molecular weight excluding hydrogens is 407 g/mol. The molecule has 0 heterocycles. The van der Waals surface area contributed by atoms with Gasteiger partial charge in [-0.05, 0) is 3.91 Å². The molecule has 0 aliphatic rings. The molecule has 0 spiro atoms. The van der Waals surface area contributed by atoms with Crippen LogP contribution in [0.3, 0.4) is 0 Å². The molecule has 0 N–H and O–H groups in total. The van der Waals surface area contributed by atoms with Crippen LogP contribution in [-0.4, -0.2) is 29.1 Å². The Morgan fingerprint density at radius 1 is 0.706 bits per heavy atom. The summed E-state index contributed by atoms with van der Waals surface area (Å²) in [7, 11) is -4.29. The minimum Gasteiger partial charge on any atom is -0.168 e. The standard InChI is InChI=1S/C11H30ClISi4/c1-14(2,3)11(15(4,5)6,16(7,8)12)17(9,10)13/h1-10H3. The second-order valence-corrected chi connectivity index (χ2v) is 40.0. The van der Waals surface area contributed by atoms with Crippen LogP contribution in [0.2, 0.25) is 69.4 Å². The minimum absolute atomic E-state index is 0.558. The summed E-state index contributed by atoms with van der Waals surface area (Å²) in [5.41, 5.74) is -1.32. The average molecular weight is 437 g/mol. The Balaban J connectivity index is 6.37. The van der Waals surface area contributed by atoms with E-state index < -0.39 is 29.1 Å². The predicted molar refractivity (Wildman–Crippen MR) is 104 cm³/mol. The number of rotatable bonds is 4. The van der Waals surface area contributed by atoms with Crippen molar-refractivity contribution >= 4 is 62.0 Å². The highest BCUT2D eigenvalue weighted by molar-refractivity contribution is 14.1. The maximum Gasteiger partial charge on any atom is 0.149 e. The molecule has 0 saturated carbocycles. The summed E-state index contributed by atoms with van der Waals surface area (Å²) in [6.45, 7) is 25.3. The second-order valence-electron chi connectivity index (χ2n) is 8.19. The third-order valence-corrected chi connectivity index (χ3v) is 46.1. The molecule has 0 aromatic rings.